The van der Waals surface area contributed by atoms with Gasteiger partial charge in [-0.05, 0) is 38.3 Å². The van der Waals surface area contributed by atoms with Crippen molar-refractivity contribution in [3.8, 4) is 0 Å². The first-order valence-electron chi connectivity index (χ1n) is 18.0. The molecule has 5 N–H and O–H groups in total. The first-order chi connectivity index (χ1) is 26.3. The standard InChI is InChI=1S/C39H52N4O13/c1-22(52-35-32(42-23(2)44)37(54-26(5)47)55-30(21-51-24(3)45)34(35)53-25(4)46)20-43(38(50)39(6,7)41)29(36(40)49)18-19-31(48)56-33(27-14-10-8-11-15-27)28-16-12-9-13-17-28/h8-17,22,29-30,32-35,37H,18-21,41H2,1-7H3,(H2,40,49)(H,42,44)/t22?,29-,30-,32-,34-,35-,37+/m1/s1. The molecular weight excluding hydrogens is 732 g/mol. The van der Waals surface area contributed by atoms with Crippen molar-refractivity contribution in [1.82, 2.24) is 10.2 Å². The van der Waals surface area contributed by atoms with Crippen molar-refractivity contribution < 1.29 is 62.0 Å². The Morgan fingerprint density at radius 1 is 0.839 bits per heavy atom. The molecule has 1 unspecified atom stereocenters. The van der Waals surface area contributed by atoms with Gasteiger partial charge in [0, 0.05) is 40.7 Å². The molecule has 3 amide bonds. The average molecular weight is 785 g/mol. The van der Waals surface area contributed by atoms with Gasteiger partial charge in [0.25, 0.3) is 0 Å². The summed E-state index contributed by atoms with van der Waals surface area (Å²) in [5.74, 6) is -5.20. The molecule has 56 heavy (non-hydrogen) atoms. The van der Waals surface area contributed by atoms with Crippen LogP contribution in [0.5, 0.6) is 0 Å². The Labute approximate surface area is 325 Å². The molecule has 306 valence electrons. The maximum absolute atomic E-state index is 13.9. The SMILES string of the molecule is CC(=O)N[C@H]1[C@@H](OC(C)=O)O[C@H](COC(C)=O)[C@@H](OC(C)=O)[C@@H]1OC(C)CN(C(=O)C(C)(C)N)[C@H](CCC(=O)OC(c1ccccc1)c1ccccc1)C(N)=O. The van der Waals surface area contributed by atoms with Crippen LogP contribution in [0.1, 0.15) is 78.5 Å². The van der Waals surface area contributed by atoms with Crippen LogP contribution in [0.2, 0.25) is 0 Å². The van der Waals surface area contributed by atoms with E-state index in [1.807, 2.05) is 60.7 Å². The summed E-state index contributed by atoms with van der Waals surface area (Å²) >= 11 is 0. The lowest BCUT2D eigenvalue weighted by Crippen LogP contribution is -2.67. The van der Waals surface area contributed by atoms with E-state index in [-0.39, 0.29) is 19.4 Å². The Morgan fingerprint density at radius 3 is 1.86 bits per heavy atom. The van der Waals surface area contributed by atoms with E-state index in [1.165, 1.54) is 27.7 Å². The topological polar surface area (TPSA) is 242 Å². The Balaban J connectivity index is 1.94. The molecule has 0 saturated carbocycles. The van der Waals surface area contributed by atoms with Crippen molar-refractivity contribution in [2.75, 3.05) is 13.2 Å². The number of hydrogen-bond acceptors (Lipinski definition) is 14. The van der Waals surface area contributed by atoms with Gasteiger partial charge in [0.1, 0.15) is 30.9 Å². The zero-order chi connectivity index (χ0) is 41.7. The minimum Gasteiger partial charge on any atom is -0.463 e. The summed E-state index contributed by atoms with van der Waals surface area (Å²) < 4.78 is 34.2. The van der Waals surface area contributed by atoms with Crippen molar-refractivity contribution in [2.45, 2.75) is 116 Å². The second-order valence-electron chi connectivity index (χ2n) is 14.0. The third-order valence-corrected chi connectivity index (χ3v) is 8.49. The summed E-state index contributed by atoms with van der Waals surface area (Å²) in [6, 6.07) is 15.5. The highest BCUT2D eigenvalue weighted by Gasteiger charge is 2.52. The number of ether oxygens (including phenoxy) is 6. The quantitative estimate of drug-likeness (QED) is 0.144. The molecule has 1 saturated heterocycles. The second kappa shape index (κ2) is 20.5. The highest BCUT2D eigenvalue weighted by Crippen LogP contribution is 2.30. The molecule has 0 radical (unpaired) electrons. The van der Waals surface area contributed by atoms with E-state index in [0.717, 1.165) is 36.8 Å². The van der Waals surface area contributed by atoms with E-state index in [0.29, 0.717) is 0 Å². The molecule has 17 heteroatoms. The minimum atomic E-state index is -1.53. The lowest BCUT2D eigenvalue weighted by molar-refractivity contribution is -0.279. The third kappa shape index (κ3) is 13.4. The van der Waals surface area contributed by atoms with Crippen molar-refractivity contribution in [1.29, 1.82) is 0 Å². The zero-order valence-electron chi connectivity index (χ0n) is 32.6. The molecule has 0 bridgehead atoms. The van der Waals surface area contributed by atoms with Crippen LogP contribution < -0.4 is 16.8 Å². The fourth-order valence-corrected chi connectivity index (χ4v) is 6.18. The summed E-state index contributed by atoms with van der Waals surface area (Å²) in [7, 11) is 0. The number of esters is 4. The Hall–Kier alpha value is -5.39. The monoisotopic (exact) mass is 784 g/mol. The first kappa shape index (κ1) is 45.0. The van der Waals surface area contributed by atoms with E-state index in [9.17, 15) is 33.6 Å². The molecule has 1 aliphatic rings. The normalized spacial score (nSPS) is 20.5. The lowest BCUT2D eigenvalue weighted by Gasteiger charge is -2.46. The predicted octanol–water partition coefficient (Wildman–Crippen LogP) is 1.58. The number of rotatable bonds is 18. The van der Waals surface area contributed by atoms with Crippen molar-refractivity contribution in [3.05, 3.63) is 71.8 Å². The van der Waals surface area contributed by atoms with Gasteiger partial charge in [-0.15, -0.1) is 0 Å². The number of hydrogen-bond donors (Lipinski definition) is 3. The minimum absolute atomic E-state index is 0.250. The fourth-order valence-electron chi connectivity index (χ4n) is 6.18. The molecule has 7 atom stereocenters. The van der Waals surface area contributed by atoms with Crippen molar-refractivity contribution >= 4 is 41.6 Å². The molecule has 1 fully saturated rings. The Morgan fingerprint density at radius 2 is 1.39 bits per heavy atom. The van der Waals surface area contributed by atoms with Crippen LogP contribution in [-0.4, -0.2) is 108 Å². The molecule has 2 aromatic rings. The zero-order valence-corrected chi connectivity index (χ0v) is 32.6. The largest absolute Gasteiger partial charge is 0.463 e. The number of nitrogens with two attached hydrogens (primary N) is 2. The summed E-state index contributed by atoms with van der Waals surface area (Å²) in [6.45, 7) is 8.10. The summed E-state index contributed by atoms with van der Waals surface area (Å²) in [5.41, 5.74) is 12.0. The van der Waals surface area contributed by atoms with Gasteiger partial charge >= 0.3 is 23.9 Å². The molecular formula is C39H52N4O13. The van der Waals surface area contributed by atoms with Gasteiger partial charge < -0.3 is 50.1 Å². The number of carbonyl (C=O) groups excluding carboxylic acids is 7. The highest BCUT2D eigenvalue weighted by molar-refractivity contribution is 5.91. The molecule has 17 nitrogen and oxygen atoms in total. The highest BCUT2D eigenvalue weighted by atomic mass is 16.7. The maximum Gasteiger partial charge on any atom is 0.306 e. The van der Waals surface area contributed by atoms with Crippen LogP contribution in [-0.2, 0) is 62.0 Å². The van der Waals surface area contributed by atoms with Crippen LogP contribution in [0.25, 0.3) is 0 Å². The van der Waals surface area contributed by atoms with Crippen LogP contribution >= 0.6 is 0 Å². The molecule has 0 aromatic heterocycles. The smallest absolute Gasteiger partial charge is 0.306 e. The molecule has 1 aliphatic heterocycles. The van der Waals surface area contributed by atoms with Gasteiger partial charge in [-0.25, -0.2) is 0 Å². The van der Waals surface area contributed by atoms with Gasteiger partial charge in [0.2, 0.25) is 24.0 Å². The van der Waals surface area contributed by atoms with Crippen LogP contribution in [0, 0.1) is 0 Å². The first-order valence-corrected chi connectivity index (χ1v) is 18.0. The number of nitrogens with one attached hydrogen (secondary N) is 1. The summed E-state index contributed by atoms with van der Waals surface area (Å²) in [4.78, 5) is 90.0. The third-order valence-electron chi connectivity index (χ3n) is 8.49. The van der Waals surface area contributed by atoms with Gasteiger partial charge in [-0.1, -0.05) is 60.7 Å². The van der Waals surface area contributed by atoms with E-state index >= 15 is 0 Å². The fraction of sp³-hybridized carbons (Fsp3) is 0.513. The summed E-state index contributed by atoms with van der Waals surface area (Å²) in [6.07, 6.45) is -7.87. The van der Waals surface area contributed by atoms with Gasteiger partial charge in [-0.2, -0.15) is 0 Å². The van der Waals surface area contributed by atoms with E-state index < -0.39 is 103 Å². The second-order valence-corrected chi connectivity index (χ2v) is 14.0. The van der Waals surface area contributed by atoms with Crippen molar-refractivity contribution in [2.24, 2.45) is 11.5 Å². The Kier molecular flexibility index (Phi) is 16.5. The van der Waals surface area contributed by atoms with E-state index in [2.05, 4.69) is 5.32 Å². The van der Waals surface area contributed by atoms with Crippen LogP contribution in [0.4, 0.5) is 0 Å². The van der Waals surface area contributed by atoms with Gasteiger partial charge in [0.15, 0.2) is 12.2 Å². The number of nitrogens with zero attached hydrogens (tertiary/aromatic N) is 1. The summed E-state index contributed by atoms with van der Waals surface area (Å²) in [5, 5.41) is 2.60. The van der Waals surface area contributed by atoms with Gasteiger partial charge in [-0.3, -0.25) is 33.6 Å². The number of primary amides is 1. The molecule has 2 aromatic carbocycles. The van der Waals surface area contributed by atoms with Gasteiger partial charge in [0.05, 0.1) is 11.6 Å². The Bertz CT molecular complexity index is 1640. The molecule has 0 aliphatic carbocycles. The van der Waals surface area contributed by atoms with Crippen LogP contribution in [0.3, 0.4) is 0 Å². The van der Waals surface area contributed by atoms with E-state index in [4.69, 9.17) is 39.9 Å². The average Bonchev–Trinajstić information content (AvgIpc) is 3.11. The van der Waals surface area contributed by atoms with E-state index in [1.54, 1.807) is 0 Å². The predicted molar refractivity (Wildman–Crippen MR) is 198 cm³/mol. The number of amides is 3. The maximum atomic E-state index is 13.9. The lowest BCUT2D eigenvalue weighted by atomic mass is 9.95. The molecule has 3 rings (SSSR count). The van der Waals surface area contributed by atoms with Crippen LogP contribution in [0.15, 0.2) is 60.7 Å². The number of benzene rings is 2. The van der Waals surface area contributed by atoms with Crippen molar-refractivity contribution in [3.63, 3.8) is 0 Å². The number of carbonyl (C=O) groups is 7. The molecule has 1 heterocycles. The molecule has 0 spiro atoms.